The smallest absolute Gasteiger partial charge is 0.219 e. The first-order valence-electron chi connectivity index (χ1n) is 6.80. The summed E-state index contributed by atoms with van der Waals surface area (Å²) in [6.45, 7) is 8.51. The predicted octanol–water partition coefficient (Wildman–Crippen LogP) is 5.87. The number of rotatable bonds is 3. The lowest BCUT2D eigenvalue weighted by molar-refractivity contribution is 0.439. The van der Waals surface area contributed by atoms with Crippen molar-refractivity contribution in [1.29, 1.82) is 0 Å². The lowest BCUT2D eigenvalue weighted by Crippen LogP contribution is -2.12. The van der Waals surface area contributed by atoms with Crippen LogP contribution in [0.25, 0.3) is 0 Å². The molecule has 0 spiro atoms. The summed E-state index contributed by atoms with van der Waals surface area (Å²) < 4.78 is 5.99. The van der Waals surface area contributed by atoms with Gasteiger partial charge in [0.2, 0.25) is 5.88 Å². The van der Waals surface area contributed by atoms with Gasteiger partial charge in [-0.15, -0.1) is 11.6 Å². The summed E-state index contributed by atoms with van der Waals surface area (Å²) in [4.78, 5) is 4.22. The average molecular weight is 324 g/mol. The van der Waals surface area contributed by atoms with Crippen LogP contribution in [0.5, 0.6) is 11.6 Å². The van der Waals surface area contributed by atoms with Crippen LogP contribution in [0.3, 0.4) is 0 Å². The highest BCUT2D eigenvalue weighted by Crippen LogP contribution is 2.35. The highest BCUT2D eigenvalue weighted by molar-refractivity contribution is 6.32. The molecule has 2 aromatic rings. The number of nitrogens with zero attached hydrogens (tertiary/aromatic N) is 1. The van der Waals surface area contributed by atoms with E-state index in [1.807, 2.05) is 13.0 Å². The third kappa shape index (κ3) is 3.90. The molecule has 2 nitrogen and oxygen atoms in total. The van der Waals surface area contributed by atoms with E-state index in [2.05, 4.69) is 37.9 Å². The van der Waals surface area contributed by atoms with Crippen molar-refractivity contribution < 1.29 is 4.74 Å². The van der Waals surface area contributed by atoms with Crippen LogP contribution >= 0.6 is 23.2 Å². The van der Waals surface area contributed by atoms with Crippen LogP contribution in [0.15, 0.2) is 30.5 Å². The minimum Gasteiger partial charge on any atom is -0.439 e. The number of ether oxygens (including phenoxy) is 1. The molecule has 0 unspecified atom stereocenters. The Morgan fingerprint density at radius 1 is 1.19 bits per heavy atom. The third-order valence-corrected chi connectivity index (χ3v) is 3.84. The van der Waals surface area contributed by atoms with Crippen LogP contribution in [0.2, 0.25) is 5.02 Å². The Hall–Kier alpha value is -1.25. The van der Waals surface area contributed by atoms with Crippen LogP contribution in [-0.4, -0.2) is 4.98 Å². The fraction of sp³-hybridized carbons (Fsp3) is 0.353. The van der Waals surface area contributed by atoms with Gasteiger partial charge in [-0.3, -0.25) is 0 Å². The van der Waals surface area contributed by atoms with Gasteiger partial charge in [-0.25, -0.2) is 4.98 Å². The van der Waals surface area contributed by atoms with E-state index in [1.165, 1.54) is 0 Å². The van der Waals surface area contributed by atoms with E-state index in [0.29, 0.717) is 16.8 Å². The average Bonchev–Trinajstić information content (AvgIpc) is 2.39. The summed E-state index contributed by atoms with van der Waals surface area (Å²) in [5.41, 5.74) is 3.08. The van der Waals surface area contributed by atoms with Crippen molar-refractivity contribution in [2.24, 2.45) is 0 Å². The largest absolute Gasteiger partial charge is 0.439 e. The molecule has 0 saturated carbocycles. The molecule has 4 heteroatoms. The molecule has 0 aliphatic rings. The van der Waals surface area contributed by atoms with E-state index in [9.17, 15) is 0 Å². The summed E-state index contributed by atoms with van der Waals surface area (Å²) in [6, 6.07) is 8.00. The van der Waals surface area contributed by atoms with Gasteiger partial charge in [0, 0.05) is 23.7 Å². The molecule has 0 amide bonds. The standard InChI is InChI=1S/C17H19Cl2NO/c1-11-5-6-13(17(2,3)4)15(7-11)21-16-8-12(9-18)14(19)10-20-16/h5-8,10H,9H2,1-4H3. The maximum Gasteiger partial charge on any atom is 0.219 e. The quantitative estimate of drug-likeness (QED) is 0.659. The minimum absolute atomic E-state index is 0.00915. The predicted molar refractivity (Wildman–Crippen MR) is 88.8 cm³/mol. The molecule has 0 radical (unpaired) electrons. The molecule has 1 aromatic heterocycles. The lowest BCUT2D eigenvalue weighted by atomic mass is 9.86. The van der Waals surface area contributed by atoms with E-state index < -0.39 is 0 Å². The molecule has 112 valence electrons. The fourth-order valence-electron chi connectivity index (χ4n) is 2.06. The van der Waals surface area contributed by atoms with E-state index in [0.717, 1.165) is 22.4 Å². The maximum atomic E-state index is 6.03. The molecule has 0 saturated heterocycles. The van der Waals surface area contributed by atoms with Gasteiger partial charge in [-0.1, -0.05) is 44.5 Å². The number of hydrogen-bond donors (Lipinski definition) is 0. The zero-order chi connectivity index (χ0) is 15.6. The van der Waals surface area contributed by atoms with Crippen LogP contribution in [0.1, 0.15) is 37.5 Å². The highest BCUT2D eigenvalue weighted by atomic mass is 35.5. The van der Waals surface area contributed by atoms with Crippen molar-refractivity contribution in [3.8, 4) is 11.6 Å². The van der Waals surface area contributed by atoms with Crippen LogP contribution in [0.4, 0.5) is 0 Å². The molecule has 2 rings (SSSR count). The van der Waals surface area contributed by atoms with Crippen molar-refractivity contribution in [3.05, 3.63) is 52.2 Å². The molecule has 0 fully saturated rings. The highest BCUT2D eigenvalue weighted by Gasteiger charge is 2.19. The first-order chi connectivity index (χ1) is 9.81. The summed E-state index contributed by atoms with van der Waals surface area (Å²) in [5, 5.41) is 0.553. The fourth-order valence-corrected chi connectivity index (χ4v) is 2.52. The monoisotopic (exact) mass is 323 g/mol. The van der Waals surface area contributed by atoms with Gasteiger partial charge in [-0.05, 0) is 29.5 Å². The molecule has 0 atom stereocenters. The van der Waals surface area contributed by atoms with E-state index in [4.69, 9.17) is 27.9 Å². The second-order valence-corrected chi connectivity index (χ2v) is 6.77. The Morgan fingerprint density at radius 2 is 1.90 bits per heavy atom. The van der Waals surface area contributed by atoms with Crippen molar-refractivity contribution in [2.45, 2.75) is 39.0 Å². The number of aryl methyl sites for hydroxylation is 1. The van der Waals surface area contributed by atoms with Crippen molar-refractivity contribution in [1.82, 2.24) is 4.98 Å². The van der Waals surface area contributed by atoms with Crippen molar-refractivity contribution >= 4 is 23.2 Å². The van der Waals surface area contributed by atoms with Crippen molar-refractivity contribution in [2.75, 3.05) is 0 Å². The Kier molecular flexibility index (Phi) is 4.80. The normalized spacial score (nSPS) is 11.5. The second kappa shape index (κ2) is 6.25. The number of pyridine rings is 1. The summed E-state index contributed by atoms with van der Waals surface area (Å²) in [6.07, 6.45) is 1.57. The van der Waals surface area contributed by atoms with E-state index >= 15 is 0 Å². The molecular formula is C17H19Cl2NO. The van der Waals surface area contributed by atoms with Gasteiger partial charge in [0.25, 0.3) is 0 Å². The summed E-state index contributed by atoms with van der Waals surface area (Å²) in [7, 11) is 0. The van der Waals surface area contributed by atoms with Crippen molar-refractivity contribution in [3.63, 3.8) is 0 Å². The molecule has 1 aromatic carbocycles. The Balaban J connectivity index is 2.41. The number of hydrogen-bond acceptors (Lipinski definition) is 2. The van der Waals surface area contributed by atoms with Gasteiger partial charge in [-0.2, -0.15) is 0 Å². The van der Waals surface area contributed by atoms with Gasteiger partial charge in [0.05, 0.1) is 5.02 Å². The number of halogens is 2. The number of alkyl halides is 1. The van der Waals surface area contributed by atoms with Gasteiger partial charge >= 0.3 is 0 Å². The summed E-state index contributed by atoms with van der Waals surface area (Å²) in [5.74, 6) is 1.65. The summed E-state index contributed by atoms with van der Waals surface area (Å²) >= 11 is 11.9. The molecule has 1 heterocycles. The minimum atomic E-state index is -0.00915. The topological polar surface area (TPSA) is 22.1 Å². The zero-order valence-corrected chi connectivity index (χ0v) is 14.2. The Morgan fingerprint density at radius 3 is 2.52 bits per heavy atom. The van der Waals surface area contributed by atoms with E-state index in [1.54, 1.807) is 12.3 Å². The maximum absolute atomic E-state index is 6.03. The molecule has 0 aliphatic carbocycles. The molecule has 0 bridgehead atoms. The molecule has 0 aliphatic heterocycles. The first-order valence-corrected chi connectivity index (χ1v) is 7.72. The van der Waals surface area contributed by atoms with Gasteiger partial charge < -0.3 is 4.74 Å². The van der Waals surface area contributed by atoms with Gasteiger partial charge in [0.15, 0.2) is 0 Å². The van der Waals surface area contributed by atoms with Crippen LogP contribution < -0.4 is 4.74 Å². The Labute approximate surface area is 136 Å². The zero-order valence-electron chi connectivity index (χ0n) is 12.7. The third-order valence-electron chi connectivity index (χ3n) is 3.21. The molecular weight excluding hydrogens is 305 g/mol. The lowest BCUT2D eigenvalue weighted by Gasteiger charge is -2.23. The SMILES string of the molecule is Cc1ccc(C(C)(C)C)c(Oc2cc(CCl)c(Cl)cn2)c1. The van der Waals surface area contributed by atoms with E-state index in [-0.39, 0.29) is 5.41 Å². The second-order valence-electron chi connectivity index (χ2n) is 6.10. The number of aromatic nitrogens is 1. The molecule has 21 heavy (non-hydrogen) atoms. The first kappa shape index (κ1) is 16.1. The molecule has 0 N–H and O–H groups in total. The van der Waals surface area contributed by atoms with Crippen LogP contribution in [-0.2, 0) is 11.3 Å². The number of benzene rings is 1. The Bertz CT molecular complexity index is 648. The van der Waals surface area contributed by atoms with Crippen LogP contribution in [0, 0.1) is 6.92 Å². The van der Waals surface area contributed by atoms with Gasteiger partial charge in [0.1, 0.15) is 5.75 Å².